The Balaban J connectivity index is 1.41. The van der Waals surface area contributed by atoms with Crippen LogP contribution >= 0.6 is 11.3 Å². The van der Waals surface area contributed by atoms with Crippen LogP contribution in [0.4, 0.5) is 0 Å². The van der Waals surface area contributed by atoms with Gasteiger partial charge in [0.2, 0.25) is 0 Å². The Hall–Kier alpha value is -4.28. The molecule has 3 heterocycles. The van der Waals surface area contributed by atoms with E-state index in [-0.39, 0.29) is 11.9 Å². The summed E-state index contributed by atoms with van der Waals surface area (Å²) in [6.07, 6.45) is 7.69. The number of benzene rings is 2. The summed E-state index contributed by atoms with van der Waals surface area (Å²) >= 11 is 1.61. The highest BCUT2D eigenvalue weighted by molar-refractivity contribution is 7.09. The van der Waals surface area contributed by atoms with E-state index in [0.29, 0.717) is 24.5 Å². The second kappa shape index (κ2) is 13.1. The molecule has 2 aromatic carbocycles. The molecule has 0 unspecified atom stereocenters. The van der Waals surface area contributed by atoms with E-state index >= 15 is 0 Å². The van der Waals surface area contributed by atoms with Crippen molar-refractivity contribution >= 4 is 17.2 Å². The first-order valence-corrected chi connectivity index (χ1v) is 15.0. The van der Waals surface area contributed by atoms with Gasteiger partial charge < -0.3 is 15.0 Å². The average Bonchev–Trinajstić information content (AvgIpc) is 3.76. The minimum Gasteiger partial charge on any atom is -0.492 e. The monoisotopic (exact) mass is 583 g/mol. The summed E-state index contributed by atoms with van der Waals surface area (Å²) in [4.78, 5) is 19.9. The van der Waals surface area contributed by atoms with E-state index in [0.717, 1.165) is 51.6 Å². The lowest BCUT2D eigenvalue weighted by atomic mass is 9.96. The normalized spacial score (nSPS) is 12.0. The molecule has 1 N–H and O–H groups in total. The van der Waals surface area contributed by atoms with Crippen LogP contribution in [0, 0.1) is 6.92 Å². The molecular formula is C32H37N7O2S. The third kappa shape index (κ3) is 7.13. The van der Waals surface area contributed by atoms with Gasteiger partial charge in [0.1, 0.15) is 17.4 Å². The number of hydrogen-bond donors (Lipinski definition) is 1. The zero-order valence-electron chi connectivity index (χ0n) is 24.7. The topological polar surface area (TPSA) is 90.1 Å². The number of likely N-dealkylation sites (N-methyl/N-ethyl adjacent to an activating group) is 1. The molecule has 1 atom stereocenters. The molecule has 1 amide bonds. The van der Waals surface area contributed by atoms with Crippen molar-refractivity contribution in [2.45, 2.75) is 39.9 Å². The van der Waals surface area contributed by atoms with E-state index < -0.39 is 0 Å². The van der Waals surface area contributed by atoms with Crippen molar-refractivity contribution in [1.82, 2.24) is 34.8 Å². The molecule has 0 saturated heterocycles. The van der Waals surface area contributed by atoms with Gasteiger partial charge in [-0.3, -0.25) is 14.2 Å². The van der Waals surface area contributed by atoms with Crippen LogP contribution in [0.25, 0.3) is 22.4 Å². The van der Waals surface area contributed by atoms with Crippen LogP contribution in [-0.2, 0) is 13.1 Å². The molecule has 3 aromatic heterocycles. The summed E-state index contributed by atoms with van der Waals surface area (Å²) in [6.45, 7) is 8.77. The van der Waals surface area contributed by atoms with E-state index in [1.807, 2.05) is 85.5 Å². The maximum absolute atomic E-state index is 13.5. The van der Waals surface area contributed by atoms with E-state index in [4.69, 9.17) is 9.84 Å². The lowest BCUT2D eigenvalue weighted by Crippen LogP contribution is -2.27. The summed E-state index contributed by atoms with van der Waals surface area (Å²) in [6, 6.07) is 13.8. The molecule has 0 bridgehead atoms. The molecule has 218 valence electrons. The van der Waals surface area contributed by atoms with Crippen LogP contribution in [-0.4, -0.2) is 62.6 Å². The molecule has 42 heavy (non-hydrogen) atoms. The average molecular weight is 584 g/mol. The lowest BCUT2D eigenvalue weighted by molar-refractivity contribution is 0.0938. The Kier molecular flexibility index (Phi) is 9.14. The first-order valence-electron chi connectivity index (χ1n) is 14.1. The first kappa shape index (κ1) is 29.2. The molecule has 5 rings (SSSR count). The van der Waals surface area contributed by atoms with Crippen LogP contribution in [0.5, 0.6) is 5.75 Å². The van der Waals surface area contributed by atoms with Gasteiger partial charge in [0.05, 0.1) is 24.5 Å². The van der Waals surface area contributed by atoms with Crippen LogP contribution < -0.4 is 10.1 Å². The number of aryl methyl sites for hydroxylation is 2. The summed E-state index contributed by atoms with van der Waals surface area (Å²) in [7, 11) is 4.01. The van der Waals surface area contributed by atoms with Gasteiger partial charge in [-0.1, -0.05) is 6.07 Å². The largest absolute Gasteiger partial charge is 0.492 e. The summed E-state index contributed by atoms with van der Waals surface area (Å²) < 4.78 is 9.69. The maximum Gasteiger partial charge on any atom is 0.252 e. The SMILES string of the molecule is CCn1ccc(-c2cc(-c3cnn(Cc4nccs4)c3)cc([C@@H](C)NC(=O)c3cc(OCCN(C)C)ccc3C)c2)n1. The van der Waals surface area contributed by atoms with Gasteiger partial charge >= 0.3 is 0 Å². The fourth-order valence-corrected chi connectivity index (χ4v) is 5.22. The second-order valence-electron chi connectivity index (χ2n) is 10.6. The molecule has 9 nitrogen and oxygen atoms in total. The van der Waals surface area contributed by atoms with E-state index in [1.165, 1.54) is 0 Å². The fraction of sp³-hybridized carbons (Fsp3) is 0.312. The number of amides is 1. The van der Waals surface area contributed by atoms with E-state index in [1.54, 1.807) is 17.5 Å². The van der Waals surface area contributed by atoms with Crippen molar-refractivity contribution in [2.75, 3.05) is 27.2 Å². The van der Waals surface area contributed by atoms with Crippen LogP contribution in [0.3, 0.4) is 0 Å². The number of aromatic nitrogens is 5. The van der Waals surface area contributed by atoms with Crippen molar-refractivity contribution in [3.05, 3.63) is 94.3 Å². The Bertz CT molecular complexity index is 1640. The Labute approximate surface area is 250 Å². The number of nitrogens with one attached hydrogen (secondary N) is 1. The third-order valence-electron chi connectivity index (χ3n) is 7.07. The minimum absolute atomic E-state index is 0.142. The number of thiazole rings is 1. The standard InChI is InChI=1S/C32H37N7O2S/c1-6-38-11-9-30(36-38)26-16-24(15-25(17-26)27-19-34-39(20-27)21-31-33-10-14-42-31)23(3)35-32(40)29-18-28(8-7-22(29)2)41-13-12-37(4)5/h7-11,14-20,23H,6,12-13,21H2,1-5H3,(H,35,40)/t23-/m1/s1. The Morgan fingerprint density at radius 3 is 2.67 bits per heavy atom. The lowest BCUT2D eigenvalue weighted by Gasteiger charge is -2.18. The molecule has 0 fully saturated rings. The molecule has 0 saturated carbocycles. The quantitative estimate of drug-likeness (QED) is 0.203. The number of ether oxygens (including phenoxy) is 1. The van der Waals surface area contributed by atoms with Gasteiger partial charge in [-0.05, 0) is 88.0 Å². The zero-order chi connectivity index (χ0) is 29.6. The first-order chi connectivity index (χ1) is 20.3. The number of rotatable bonds is 12. The molecule has 0 aliphatic carbocycles. The smallest absolute Gasteiger partial charge is 0.252 e. The number of hydrogen-bond acceptors (Lipinski definition) is 7. The van der Waals surface area contributed by atoms with Crippen LogP contribution in [0.15, 0.2) is 72.6 Å². The molecular weight excluding hydrogens is 546 g/mol. The third-order valence-corrected chi connectivity index (χ3v) is 7.84. The van der Waals surface area contributed by atoms with Crippen molar-refractivity contribution in [3.63, 3.8) is 0 Å². The van der Waals surface area contributed by atoms with Crippen LogP contribution in [0.2, 0.25) is 0 Å². The predicted octanol–water partition coefficient (Wildman–Crippen LogP) is 5.68. The van der Waals surface area contributed by atoms with Gasteiger partial charge in [0.25, 0.3) is 5.91 Å². The van der Waals surface area contributed by atoms with Gasteiger partial charge in [0.15, 0.2) is 0 Å². The molecule has 0 aliphatic rings. The number of nitrogens with zero attached hydrogens (tertiary/aromatic N) is 6. The van der Waals surface area contributed by atoms with Gasteiger partial charge in [0, 0.05) is 53.8 Å². The molecule has 10 heteroatoms. The number of carbonyl (C=O) groups is 1. The summed E-state index contributed by atoms with van der Waals surface area (Å²) in [5, 5.41) is 15.5. The highest BCUT2D eigenvalue weighted by Crippen LogP contribution is 2.30. The van der Waals surface area contributed by atoms with Gasteiger partial charge in [-0.2, -0.15) is 10.2 Å². The Morgan fingerprint density at radius 1 is 1.10 bits per heavy atom. The zero-order valence-corrected chi connectivity index (χ0v) is 25.6. The molecule has 0 radical (unpaired) electrons. The molecule has 5 aromatic rings. The van der Waals surface area contributed by atoms with Crippen molar-refractivity contribution in [1.29, 1.82) is 0 Å². The highest BCUT2D eigenvalue weighted by Gasteiger charge is 2.18. The van der Waals surface area contributed by atoms with E-state index in [2.05, 4.69) is 45.4 Å². The van der Waals surface area contributed by atoms with Crippen molar-refractivity contribution in [2.24, 2.45) is 0 Å². The maximum atomic E-state index is 13.5. The van der Waals surface area contributed by atoms with E-state index in [9.17, 15) is 4.79 Å². The fourth-order valence-electron chi connectivity index (χ4n) is 4.62. The van der Waals surface area contributed by atoms with Crippen molar-refractivity contribution in [3.8, 4) is 28.1 Å². The Morgan fingerprint density at radius 2 is 1.93 bits per heavy atom. The molecule has 0 aliphatic heterocycles. The summed E-state index contributed by atoms with van der Waals surface area (Å²) in [5.74, 6) is 0.544. The van der Waals surface area contributed by atoms with Gasteiger partial charge in [-0.25, -0.2) is 4.98 Å². The molecule has 0 spiro atoms. The van der Waals surface area contributed by atoms with Gasteiger partial charge in [-0.15, -0.1) is 11.3 Å². The van der Waals surface area contributed by atoms with Crippen molar-refractivity contribution < 1.29 is 9.53 Å². The summed E-state index contributed by atoms with van der Waals surface area (Å²) in [5.41, 5.74) is 6.33. The highest BCUT2D eigenvalue weighted by atomic mass is 32.1. The predicted molar refractivity (Wildman–Crippen MR) is 167 cm³/mol. The number of carbonyl (C=O) groups excluding carboxylic acids is 1. The van der Waals surface area contributed by atoms with Crippen LogP contribution in [0.1, 0.15) is 46.4 Å². The second-order valence-corrected chi connectivity index (χ2v) is 11.6. The minimum atomic E-state index is -0.257.